The van der Waals surface area contributed by atoms with Gasteiger partial charge in [0.05, 0.1) is 11.1 Å². The van der Waals surface area contributed by atoms with Gasteiger partial charge in [-0.05, 0) is 29.3 Å². The third-order valence-electron chi connectivity index (χ3n) is 3.11. The van der Waals surface area contributed by atoms with Crippen LogP contribution in [-0.4, -0.2) is 27.9 Å². The average Bonchev–Trinajstić information content (AvgIpc) is 2.43. The highest BCUT2D eigenvalue weighted by atomic mass is 16.4. The SMILES string of the molecule is C=C(C)C(=O)c1cc2ccccc2c(C(=O)O)c1C(=O)O. The standard InChI is InChI=1S/C16H12O5/c1-8(2)14(17)11-7-9-5-3-4-6-10(9)12(15(18)19)13(11)16(20)21/h3-7H,1H2,2H3,(H,18,19)(H,20,21). The molecule has 0 aliphatic rings. The molecule has 0 spiro atoms. The summed E-state index contributed by atoms with van der Waals surface area (Å²) in [7, 11) is 0. The summed E-state index contributed by atoms with van der Waals surface area (Å²) in [6, 6.07) is 7.83. The lowest BCUT2D eigenvalue weighted by molar-refractivity contribution is 0.0651. The number of rotatable bonds is 4. The molecule has 2 aromatic carbocycles. The Labute approximate surface area is 120 Å². The maximum absolute atomic E-state index is 12.1. The third-order valence-corrected chi connectivity index (χ3v) is 3.11. The van der Waals surface area contributed by atoms with Crippen LogP contribution in [-0.2, 0) is 0 Å². The van der Waals surface area contributed by atoms with Gasteiger partial charge in [-0.3, -0.25) is 4.79 Å². The summed E-state index contributed by atoms with van der Waals surface area (Å²) in [4.78, 5) is 35.1. The summed E-state index contributed by atoms with van der Waals surface area (Å²) in [5, 5.41) is 19.5. The molecular weight excluding hydrogens is 272 g/mol. The van der Waals surface area contributed by atoms with Crippen LogP contribution in [0.1, 0.15) is 38.0 Å². The van der Waals surface area contributed by atoms with E-state index in [4.69, 9.17) is 0 Å². The second-order valence-corrected chi connectivity index (χ2v) is 4.62. The van der Waals surface area contributed by atoms with Crippen LogP contribution in [0.2, 0.25) is 0 Å². The fraction of sp³-hybridized carbons (Fsp3) is 0.0625. The van der Waals surface area contributed by atoms with Gasteiger partial charge in [0.1, 0.15) is 0 Å². The van der Waals surface area contributed by atoms with Crippen molar-refractivity contribution in [1.82, 2.24) is 0 Å². The molecule has 0 saturated carbocycles. The van der Waals surface area contributed by atoms with Gasteiger partial charge in [-0.25, -0.2) is 9.59 Å². The van der Waals surface area contributed by atoms with Crippen molar-refractivity contribution in [2.75, 3.05) is 0 Å². The Hall–Kier alpha value is -2.95. The van der Waals surface area contributed by atoms with Gasteiger partial charge in [-0.2, -0.15) is 0 Å². The van der Waals surface area contributed by atoms with E-state index in [1.165, 1.54) is 19.1 Å². The van der Waals surface area contributed by atoms with E-state index in [2.05, 4.69) is 6.58 Å². The number of benzene rings is 2. The Morgan fingerprint density at radius 2 is 1.57 bits per heavy atom. The van der Waals surface area contributed by atoms with Crippen LogP contribution in [0, 0.1) is 0 Å². The number of aromatic carboxylic acids is 2. The van der Waals surface area contributed by atoms with Crippen molar-refractivity contribution in [3.8, 4) is 0 Å². The first-order valence-electron chi connectivity index (χ1n) is 6.07. The van der Waals surface area contributed by atoms with Gasteiger partial charge in [-0.1, -0.05) is 30.8 Å². The molecule has 0 fully saturated rings. The Kier molecular flexibility index (Phi) is 3.58. The predicted octanol–water partition coefficient (Wildman–Crippen LogP) is 3.00. The minimum atomic E-state index is -1.46. The van der Waals surface area contributed by atoms with E-state index in [1.54, 1.807) is 18.2 Å². The normalized spacial score (nSPS) is 10.3. The molecule has 0 aliphatic carbocycles. The van der Waals surface area contributed by atoms with Crippen LogP contribution < -0.4 is 0 Å². The topological polar surface area (TPSA) is 91.7 Å². The van der Waals surface area contributed by atoms with Crippen molar-refractivity contribution in [2.24, 2.45) is 0 Å². The first-order chi connectivity index (χ1) is 9.84. The monoisotopic (exact) mass is 284 g/mol. The quantitative estimate of drug-likeness (QED) is 0.665. The van der Waals surface area contributed by atoms with E-state index >= 15 is 0 Å². The van der Waals surface area contributed by atoms with Gasteiger partial charge in [0.2, 0.25) is 0 Å². The number of Topliss-reactive ketones (excluding diaryl/α,β-unsaturated/α-hetero) is 1. The Balaban J connectivity index is 3.01. The fourth-order valence-electron chi connectivity index (χ4n) is 2.20. The molecular formula is C16H12O5. The molecule has 21 heavy (non-hydrogen) atoms. The lowest BCUT2D eigenvalue weighted by atomic mass is 9.90. The molecule has 0 aromatic heterocycles. The van der Waals surface area contributed by atoms with Crippen LogP contribution in [0.3, 0.4) is 0 Å². The smallest absolute Gasteiger partial charge is 0.337 e. The minimum Gasteiger partial charge on any atom is -0.478 e. The minimum absolute atomic E-state index is 0.143. The highest BCUT2D eigenvalue weighted by molar-refractivity contribution is 6.21. The first kappa shape index (κ1) is 14.5. The highest BCUT2D eigenvalue weighted by Gasteiger charge is 2.26. The van der Waals surface area contributed by atoms with Gasteiger partial charge in [-0.15, -0.1) is 0 Å². The Morgan fingerprint density at radius 3 is 2.10 bits per heavy atom. The zero-order valence-corrected chi connectivity index (χ0v) is 11.2. The second kappa shape index (κ2) is 5.20. The molecule has 0 saturated heterocycles. The molecule has 2 N–H and O–H groups in total. The lowest BCUT2D eigenvalue weighted by Gasteiger charge is -2.12. The summed E-state index contributed by atoms with van der Waals surface area (Å²) in [5.41, 5.74) is -0.908. The summed E-state index contributed by atoms with van der Waals surface area (Å²) in [5.74, 6) is -3.43. The molecule has 5 nitrogen and oxygen atoms in total. The molecule has 0 bridgehead atoms. The molecule has 0 amide bonds. The van der Waals surface area contributed by atoms with Crippen molar-refractivity contribution in [1.29, 1.82) is 0 Å². The number of carbonyl (C=O) groups excluding carboxylic acids is 1. The molecule has 0 aliphatic heterocycles. The van der Waals surface area contributed by atoms with Gasteiger partial charge < -0.3 is 10.2 Å². The summed E-state index contributed by atoms with van der Waals surface area (Å²) in [6.45, 7) is 4.94. The molecule has 5 heteroatoms. The summed E-state index contributed by atoms with van der Waals surface area (Å²) < 4.78 is 0. The van der Waals surface area contributed by atoms with E-state index in [9.17, 15) is 24.6 Å². The second-order valence-electron chi connectivity index (χ2n) is 4.62. The Morgan fingerprint density at radius 1 is 1.00 bits per heavy atom. The molecule has 0 unspecified atom stereocenters. The Bertz CT molecular complexity index is 802. The summed E-state index contributed by atoms with van der Waals surface area (Å²) in [6.07, 6.45) is 0. The molecule has 2 aromatic rings. The highest BCUT2D eigenvalue weighted by Crippen LogP contribution is 2.28. The predicted molar refractivity (Wildman–Crippen MR) is 77.0 cm³/mol. The number of carboxylic acid groups (broad SMARTS) is 2. The van der Waals surface area contributed by atoms with E-state index in [-0.39, 0.29) is 22.1 Å². The van der Waals surface area contributed by atoms with Gasteiger partial charge >= 0.3 is 11.9 Å². The number of hydrogen-bond acceptors (Lipinski definition) is 3. The van der Waals surface area contributed by atoms with E-state index in [0.29, 0.717) is 5.39 Å². The molecule has 0 radical (unpaired) electrons. The number of carbonyl (C=O) groups is 3. The van der Waals surface area contributed by atoms with Gasteiger partial charge in [0.25, 0.3) is 0 Å². The van der Waals surface area contributed by atoms with Gasteiger partial charge in [0.15, 0.2) is 5.78 Å². The fourth-order valence-corrected chi connectivity index (χ4v) is 2.20. The maximum atomic E-state index is 12.1. The van der Waals surface area contributed by atoms with Gasteiger partial charge in [0, 0.05) is 5.56 Å². The zero-order valence-electron chi connectivity index (χ0n) is 11.2. The number of ketones is 1. The van der Waals surface area contributed by atoms with Crippen LogP contribution >= 0.6 is 0 Å². The van der Waals surface area contributed by atoms with Crippen molar-refractivity contribution >= 4 is 28.5 Å². The lowest BCUT2D eigenvalue weighted by Crippen LogP contribution is -2.16. The van der Waals surface area contributed by atoms with Crippen molar-refractivity contribution in [3.05, 3.63) is 59.2 Å². The third kappa shape index (κ3) is 2.41. The first-order valence-corrected chi connectivity index (χ1v) is 6.07. The van der Waals surface area contributed by atoms with Crippen molar-refractivity contribution < 1.29 is 24.6 Å². The number of allylic oxidation sites excluding steroid dienone is 1. The summed E-state index contributed by atoms with van der Waals surface area (Å²) >= 11 is 0. The van der Waals surface area contributed by atoms with E-state index in [0.717, 1.165) is 0 Å². The zero-order chi connectivity index (χ0) is 15.7. The van der Waals surface area contributed by atoms with Crippen LogP contribution in [0.5, 0.6) is 0 Å². The number of fused-ring (bicyclic) bond motifs is 1. The maximum Gasteiger partial charge on any atom is 0.337 e. The van der Waals surface area contributed by atoms with Crippen LogP contribution in [0.25, 0.3) is 10.8 Å². The molecule has 106 valence electrons. The van der Waals surface area contributed by atoms with Crippen molar-refractivity contribution in [3.63, 3.8) is 0 Å². The largest absolute Gasteiger partial charge is 0.478 e. The molecule has 2 rings (SSSR count). The average molecular weight is 284 g/mol. The van der Waals surface area contributed by atoms with Crippen LogP contribution in [0.15, 0.2) is 42.5 Å². The number of hydrogen-bond donors (Lipinski definition) is 2. The molecule has 0 heterocycles. The van der Waals surface area contributed by atoms with E-state index in [1.807, 2.05) is 0 Å². The molecule has 0 atom stereocenters. The number of carboxylic acids is 2. The van der Waals surface area contributed by atoms with Crippen LogP contribution in [0.4, 0.5) is 0 Å². The van der Waals surface area contributed by atoms with E-state index < -0.39 is 23.3 Å². The van der Waals surface area contributed by atoms with Crippen molar-refractivity contribution in [2.45, 2.75) is 6.92 Å².